The maximum atomic E-state index is 13.0. The van der Waals surface area contributed by atoms with Gasteiger partial charge in [-0.1, -0.05) is 25.3 Å². The molecule has 1 N–H and O–H groups in total. The van der Waals surface area contributed by atoms with Gasteiger partial charge >= 0.3 is 0 Å². The Morgan fingerprint density at radius 2 is 2.07 bits per heavy atom. The number of carbonyl (C=O) groups is 1. The Bertz CT molecular complexity index is 892. The van der Waals surface area contributed by atoms with E-state index in [-0.39, 0.29) is 17.5 Å². The predicted octanol–water partition coefficient (Wildman–Crippen LogP) is 1.83. The van der Waals surface area contributed by atoms with Crippen LogP contribution in [0, 0.1) is 0 Å². The van der Waals surface area contributed by atoms with Crippen molar-refractivity contribution < 1.29 is 4.79 Å². The molecule has 1 amide bonds. The molecule has 2 aromatic heterocycles. The number of hydrogen-bond acceptors (Lipinski definition) is 6. The minimum absolute atomic E-state index is 0.00400. The van der Waals surface area contributed by atoms with E-state index in [2.05, 4.69) is 48.0 Å². The second kappa shape index (κ2) is 8.07. The first-order chi connectivity index (χ1) is 14.6. The van der Waals surface area contributed by atoms with Gasteiger partial charge in [0.05, 0.1) is 17.8 Å². The summed E-state index contributed by atoms with van der Waals surface area (Å²) in [6.07, 6.45) is 8.73. The van der Waals surface area contributed by atoms with E-state index in [1.54, 1.807) is 0 Å². The first-order valence-electron chi connectivity index (χ1n) is 11.2. The SMILES string of the molecule is CN1Cc2nnc(C(=O)NC3CCCCC3)n2CC12CCN(Cc1ccccn1)C2. The van der Waals surface area contributed by atoms with Gasteiger partial charge in [-0.3, -0.25) is 19.6 Å². The largest absolute Gasteiger partial charge is 0.347 e. The zero-order valence-electron chi connectivity index (χ0n) is 17.8. The van der Waals surface area contributed by atoms with Crippen LogP contribution >= 0.6 is 0 Å². The molecule has 0 aromatic carbocycles. The van der Waals surface area contributed by atoms with Crippen LogP contribution in [0.2, 0.25) is 0 Å². The Kier molecular flexibility index (Phi) is 5.28. The molecule has 1 aliphatic carbocycles. The quantitative estimate of drug-likeness (QED) is 0.830. The molecule has 160 valence electrons. The van der Waals surface area contributed by atoms with Gasteiger partial charge in [-0.15, -0.1) is 10.2 Å². The lowest BCUT2D eigenvalue weighted by atomic mass is 9.94. The fourth-order valence-electron chi connectivity index (χ4n) is 5.32. The highest BCUT2D eigenvalue weighted by Crippen LogP contribution is 2.34. The monoisotopic (exact) mass is 409 g/mol. The van der Waals surface area contributed by atoms with Crippen molar-refractivity contribution in [2.45, 2.75) is 69.7 Å². The van der Waals surface area contributed by atoms with Crippen molar-refractivity contribution in [1.29, 1.82) is 0 Å². The molecule has 1 saturated heterocycles. The molecule has 5 rings (SSSR count). The Labute approximate surface area is 177 Å². The lowest BCUT2D eigenvalue weighted by molar-refractivity contribution is 0.0645. The number of fused-ring (bicyclic) bond motifs is 1. The Balaban J connectivity index is 1.30. The van der Waals surface area contributed by atoms with Gasteiger partial charge in [0.25, 0.3) is 5.91 Å². The summed E-state index contributed by atoms with van der Waals surface area (Å²) < 4.78 is 2.07. The van der Waals surface area contributed by atoms with Crippen LogP contribution in [-0.4, -0.2) is 67.2 Å². The molecule has 2 fully saturated rings. The molecule has 30 heavy (non-hydrogen) atoms. The Morgan fingerprint density at radius 3 is 2.87 bits per heavy atom. The topological polar surface area (TPSA) is 79.2 Å². The highest BCUT2D eigenvalue weighted by Gasteiger charge is 2.46. The summed E-state index contributed by atoms with van der Waals surface area (Å²) in [5.74, 6) is 1.30. The Hall–Kier alpha value is -2.32. The number of nitrogens with zero attached hydrogens (tertiary/aromatic N) is 6. The number of nitrogens with one attached hydrogen (secondary N) is 1. The van der Waals surface area contributed by atoms with Gasteiger partial charge in [0.2, 0.25) is 5.82 Å². The summed E-state index contributed by atoms with van der Waals surface area (Å²) in [5, 5.41) is 11.8. The van der Waals surface area contributed by atoms with Crippen LogP contribution in [0.25, 0.3) is 0 Å². The number of aromatic nitrogens is 4. The van der Waals surface area contributed by atoms with E-state index >= 15 is 0 Å². The van der Waals surface area contributed by atoms with Crippen molar-refractivity contribution in [2.75, 3.05) is 20.1 Å². The van der Waals surface area contributed by atoms with E-state index in [0.717, 1.165) is 63.5 Å². The molecule has 0 bridgehead atoms. The molecule has 1 atom stereocenters. The molecule has 1 saturated carbocycles. The molecule has 1 spiro atoms. The van der Waals surface area contributed by atoms with Crippen molar-refractivity contribution in [2.24, 2.45) is 0 Å². The second-order valence-electron chi connectivity index (χ2n) is 9.20. The molecule has 4 heterocycles. The third-order valence-electron chi connectivity index (χ3n) is 7.13. The van der Waals surface area contributed by atoms with Gasteiger partial charge in [0.1, 0.15) is 5.82 Å². The number of pyridine rings is 1. The fraction of sp³-hybridized carbons (Fsp3) is 0.636. The van der Waals surface area contributed by atoms with Gasteiger partial charge in [0.15, 0.2) is 0 Å². The average molecular weight is 410 g/mol. The molecular formula is C22H31N7O. The van der Waals surface area contributed by atoms with Gasteiger partial charge < -0.3 is 9.88 Å². The van der Waals surface area contributed by atoms with E-state index in [9.17, 15) is 4.79 Å². The number of likely N-dealkylation sites (N-methyl/N-ethyl adjacent to an activating group) is 1. The summed E-state index contributed by atoms with van der Waals surface area (Å²) in [5.41, 5.74) is 1.11. The molecule has 1 unspecified atom stereocenters. The lowest BCUT2D eigenvalue weighted by Crippen LogP contribution is -2.55. The number of hydrogen-bond donors (Lipinski definition) is 1. The first kappa shape index (κ1) is 19.6. The molecule has 2 aliphatic heterocycles. The number of likely N-dealkylation sites (tertiary alicyclic amines) is 1. The molecule has 8 nitrogen and oxygen atoms in total. The van der Waals surface area contributed by atoms with Crippen molar-refractivity contribution in [1.82, 2.24) is 34.9 Å². The normalized spacial score (nSPS) is 25.5. The summed E-state index contributed by atoms with van der Waals surface area (Å²) in [6.45, 7) is 4.34. The van der Waals surface area contributed by atoms with Crippen molar-refractivity contribution in [3.05, 3.63) is 41.7 Å². The minimum atomic E-state index is -0.0660. The van der Waals surface area contributed by atoms with E-state index in [1.165, 1.54) is 19.3 Å². The third-order valence-corrected chi connectivity index (χ3v) is 7.13. The third kappa shape index (κ3) is 3.74. The van der Waals surface area contributed by atoms with E-state index in [4.69, 9.17) is 0 Å². The summed E-state index contributed by atoms with van der Waals surface area (Å²) in [4.78, 5) is 22.3. The van der Waals surface area contributed by atoms with Crippen LogP contribution in [0.5, 0.6) is 0 Å². The number of rotatable bonds is 4. The van der Waals surface area contributed by atoms with Crippen LogP contribution < -0.4 is 5.32 Å². The van der Waals surface area contributed by atoms with Crippen LogP contribution in [0.3, 0.4) is 0 Å². The van der Waals surface area contributed by atoms with E-state index in [0.29, 0.717) is 5.82 Å². The van der Waals surface area contributed by atoms with Crippen LogP contribution in [0.1, 0.15) is 60.7 Å². The zero-order valence-corrected chi connectivity index (χ0v) is 17.8. The average Bonchev–Trinajstić information content (AvgIpc) is 3.35. The molecule has 8 heteroatoms. The summed E-state index contributed by atoms with van der Waals surface area (Å²) in [6, 6.07) is 6.36. The van der Waals surface area contributed by atoms with E-state index in [1.807, 2.05) is 18.3 Å². The van der Waals surface area contributed by atoms with Crippen molar-refractivity contribution >= 4 is 5.91 Å². The number of amides is 1. The van der Waals surface area contributed by atoms with Crippen LogP contribution in [-0.2, 0) is 19.6 Å². The fourth-order valence-corrected chi connectivity index (χ4v) is 5.32. The summed E-state index contributed by atoms with van der Waals surface area (Å²) >= 11 is 0. The van der Waals surface area contributed by atoms with E-state index < -0.39 is 0 Å². The summed E-state index contributed by atoms with van der Waals surface area (Å²) in [7, 11) is 2.17. The lowest BCUT2D eigenvalue weighted by Gasteiger charge is -2.42. The number of carbonyl (C=O) groups excluding carboxylic acids is 1. The van der Waals surface area contributed by atoms with Crippen LogP contribution in [0.15, 0.2) is 24.4 Å². The smallest absolute Gasteiger partial charge is 0.289 e. The maximum absolute atomic E-state index is 13.0. The molecule has 0 radical (unpaired) electrons. The van der Waals surface area contributed by atoms with Gasteiger partial charge in [0, 0.05) is 38.4 Å². The van der Waals surface area contributed by atoms with Gasteiger partial charge in [-0.2, -0.15) is 0 Å². The molecule has 3 aliphatic rings. The standard InChI is InChI=1S/C22H31N7O/c1-27-14-19-25-26-20(21(30)24-17-7-3-2-4-8-17)29(19)16-22(27)10-12-28(15-22)13-18-9-5-6-11-23-18/h5-6,9,11,17H,2-4,7-8,10,12-16H2,1H3,(H,24,30). The highest BCUT2D eigenvalue weighted by molar-refractivity contribution is 5.91. The van der Waals surface area contributed by atoms with Gasteiger partial charge in [-0.25, -0.2) is 0 Å². The second-order valence-corrected chi connectivity index (χ2v) is 9.20. The molecule has 2 aromatic rings. The molecular weight excluding hydrogens is 378 g/mol. The Morgan fingerprint density at radius 1 is 1.20 bits per heavy atom. The van der Waals surface area contributed by atoms with Crippen molar-refractivity contribution in [3.8, 4) is 0 Å². The van der Waals surface area contributed by atoms with Crippen molar-refractivity contribution in [3.63, 3.8) is 0 Å². The highest BCUT2D eigenvalue weighted by atomic mass is 16.2. The maximum Gasteiger partial charge on any atom is 0.289 e. The van der Waals surface area contributed by atoms with Gasteiger partial charge in [-0.05, 0) is 38.4 Å². The first-order valence-corrected chi connectivity index (χ1v) is 11.2. The zero-order chi connectivity index (χ0) is 20.6. The minimum Gasteiger partial charge on any atom is -0.347 e. The van der Waals surface area contributed by atoms with Crippen LogP contribution in [0.4, 0.5) is 0 Å². The predicted molar refractivity (Wildman–Crippen MR) is 113 cm³/mol.